The molecule has 0 atom stereocenters. The summed E-state index contributed by atoms with van der Waals surface area (Å²) in [7, 11) is 1.35. The van der Waals surface area contributed by atoms with Gasteiger partial charge in [-0.25, -0.2) is 9.59 Å². The summed E-state index contributed by atoms with van der Waals surface area (Å²) in [5.74, 6) is -2.05. The standard InChI is InChI=1S/C14H19NO7/c1-5-20-13(17)10-8(3)22-12(15-9(16)7-19-4)11(10)14(18)21-6-2/h5-7H2,1-4H3,(H,15,16). The predicted octanol–water partition coefficient (Wildman–Crippen LogP) is 1.53. The van der Waals surface area contributed by atoms with Crippen LogP contribution in [-0.4, -0.2) is 44.8 Å². The summed E-state index contributed by atoms with van der Waals surface area (Å²) >= 11 is 0. The van der Waals surface area contributed by atoms with Gasteiger partial charge in [0.25, 0.3) is 5.91 Å². The molecule has 22 heavy (non-hydrogen) atoms. The number of furan rings is 1. The van der Waals surface area contributed by atoms with Crippen LogP contribution in [0.4, 0.5) is 5.88 Å². The van der Waals surface area contributed by atoms with E-state index in [9.17, 15) is 14.4 Å². The zero-order valence-electron chi connectivity index (χ0n) is 13.0. The number of ether oxygens (including phenoxy) is 3. The fraction of sp³-hybridized carbons (Fsp3) is 0.500. The number of aryl methyl sites for hydroxylation is 1. The van der Waals surface area contributed by atoms with E-state index in [1.54, 1.807) is 13.8 Å². The van der Waals surface area contributed by atoms with Gasteiger partial charge in [-0.15, -0.1) is 0 Å². The fourth-order valence-electron chi connectivity index (χ4n) is 1.77. The Hall–Kier alpha value is -2.35. The molecule has 0 unspecified atom stereocenters. The molecule has 1 rings (SSSR count). The second-order valence-electron chi connectivity index (χ2n) is 4.16. The molecule has 8 nitrogen and oxygen atoms in total. The Balaban J connectivity index is 3.26. The van der Waals surface area contributed by atoms with E-state index in [1.807, 2.05) is 0 Å². The molecule has 0 aliphatic heterocycles. The second kappa shape index (κ2) is 8.18. The monoisotopic (exact) mass is 313 g/mol. The van der Waals surface area contributed by atoms with Crippen molar-refractivity contribution in [2.45, 2.75) is 20.8 Å². The van der Waals surface area contributed by atoms with Gasteiger partial charge in [0, 0.05) is 7.11 Å². The molecule has 0 bridgehead atoms. The first-order chi connectivity index (χ1) is 10.5. The molecule has 1 aromatic heterocycles. The number of nitrogens with one attached hydrogen (secondary N) is 1. The smallest absolute Gasteiger partial charge is 0.344 e. The predicted molar refractivity (Wildman–Crippen MR) is 75.9 cm³/mol. The van der Waals surface area contributed by atoms with Crippen LogP contribution in [0.3, 0.4) is 0 Å². The van der Waals surface area contributed by atoms with Crippen LogP contribution in [-0.2, 0) is 19.0 Å². The zero-order valence-corrected chi connectivity index (χ0v) is 13.0. The lowest BCUT2D eigenvalue weighted by atomic mass is 10.1. The number of hydrogen-bond donors (Lipinski definition) is 1. The Morgan fingerprint density at radius 3 is 2.09 bits per heavy atom. The summed E-state index contributed by atoms with van der Waals surface area (Å²) in [4.78, 5) is 35.7. The lowest BCUT2D eigenvalue weighted by molar-refractivity contribution is -0.119. The Morgan fingerprint density at radius 1 is 1.05 bits per heavy atom. The van der Waals surface area contributed by atoms with Gasteiger partial charge in [0.2, 0.25) is 5.88 Å². The Kier molecular flexibility index (Phi) is 6.58. The molecule has 0 aliphatic rings. The first kappa shape index (κ1) is 17.7. The van der Waals surface area contributed by atoms with E-state index in [0.29, 0.717) is 0 Å². The molecule has 8 heteroatoms. The Bertz CT molecular complexity index is 562. The molecule has 1 amide bonds. The van der Waals surface area contributed by atoms with Gasteiger partial charge in [-0.05, 0) is 20.8 Å². The third-order valence-corrected chi connectivity index (χ3v) is 2.57. The number of methoxy groups -OCH3 is 1. The van der Waals surface area contributed by atoms with Crippen molar-refractivity contribution in [3.8, 4) is 0 Å². The maximum Gasteiger partial charge on any atom is 0.344 e. The molecule has 0 aliphatic carbocycles. The van der Waals surface area contributed by atoms with Crippen LogP contribution in [0.5, 0.6) is 0 Å². The summed E-state index contributed by atoms with van der Waals surface area (Å²) in [6, 6.07) is 0. The third kappa shape index (κ3) is 4.08. The van der Waals surface area contributed by atoms with E-state index in [2.05, 4.69) is 10.1 Å². The van der Waals surface area contributed by atoms with Gasteiger partial charge in [0.1, 0.15) is 23.5 Å². The van der Waals surface area contributed by atoms with Crippen LogP contribution in [0.1, 0.15) is 40.3 Å². The molecule has 0 spiro atoms. The number of anilines is 1. The molecule has 0 saturated heterocycles. The quantitative estimate of drug-likeness (QED) is 0.761. The second-order valence-corrected chi connectivity index (χ2v) is 4.16. The summed E-state index contributed by atoms with van der Waals surface area (Å²) < 4.78 is 19.8. The SMILES string of the molecule is CCOC(=O)c1c(C)oc(NC(=O)COC)c1C(=O)OCC. The summed E-state index contributed by atoms with van der Waals surface area (Å²) in [6.07, 6.45) is 0. The van der Waals surface area contributed by atoms with Crippen molar-refractivity contribution in [3.05, 3.63) is 16.9 Å². The van der Waals surface area contributed by atoms with Crippen molar-refractivity contribution in [1.82, 2.24) is 0 Å². The summed E-state index contributed by atoms with van der Waals surface area (Å²) in [5.41, 5.74) is -0.227. The first-order valence-electron chi connectivity index (χ1n) is 6.72. The molecule has 0 fully saturated rings. The minimum absolute atomic E-state index is 0.0620. The van der Waals surface area contributed by atoms with Crippen LogP contribution < -0.4 is 5.32 Å². The number of carbonyl (C=O) groups excluding carboxylic acids is 3. The topological polar surface area (TPSA) is 104 Å². The van der Waals surface area contributed by atoms with Gasteiger partial charge in [0.05, 0.1) is 13.2 Å². The number of amides is 1. The highest BCUT2D eigenvalue weighted by molar-refractivity contribution is 6.09. The molecular weight excluding hydrogens is 294 g/mol. The normalized spacial score (nSPS) is 10.2. The van der Waals surface area contributed by atoms with E-state index in [-0.39, 0.29) is 42.6 Å². The Labute approximate surface area is 127 Å². The van der Waals surface area contributed by atoms with Crippen molar-refractivity contribution >= 4 is 23.7 Å². The van der Waals surface area contributed by atoms with Gasteiger partial charge in [-0.3, -0.25) is 10.1 Å². The van der Waals surface area contributed by atoms with Gasteiger partial charge in [-0.1, -0.05) is 0 Å². The van der Waals surface area contributed by atoms with Crippen LogP contribution in [0, 0.1) is 6.92 Å². The van der Waals surface area contributed by atoms with Crippen molar-refractivity contribution in [2.24, 2.45) is 0 Å². The van der Waals surface area contributed by atoms with Crippen molar-refractivity contribution < 1.29 is 33.0 Å². The number of hydrogen-bond acceptors (Lipinski definition) is 7. The lowest BCUT2D eigenvalue weighted by Gasteiger charge is -2.06. The minimum atomic E-state index is -0.782. The minimum Gasteiger partial charge on any atom is -0.462 e. The van der Waals surface area contributed by atoms with Crippen molar-refractivity contribution in [1.29, 1.82) is 0 Å². The highest BCUT2D eigenvalue weighted by Gasteiger charge is 2.31. The van der Waals surface area contributed by atoms with Gasteiger partial charge in [-0.2, -0.15) is 0 Å². The molecule has 122 valence electrons. The van der Waals surface area contributed by atoms with Crippen LogP contribution in [0.25, 0.3) is 0 Å². The van der Waals surface area contributed by atoms with Crippen molar-refractivity contribution in [2.75, 3.05) is 32.2 Å². The molecule has 1 heterocycles. The number of rotatable bonds is 7. The molecule has 1 aromatic rings. The van der Waals surface area contributed by atoms with E-state index in [0.717, 1.165) is 0 Å². The summed E-state index contributed by atoms with van der Waals surface area (Å²) in [5, 5.41) is 2.37. The molecule has 0 aromatic carbocycles. The number of carbonyl (C=O) groups is 3. The molecule has 1 N–H and O–H groups in total. The van der Waals surface area contributed by atoms with E-state index < -0.39 is 17.8 Å². The highest BCUT2D eigenvalue weighted by atomic mass is 16.5. The third-order valence-electron chi connectivity index (χ3n) is 2.57. The maximum absolute atomic E-state index is 12.1. The number of esters is 2. The van der Waals surface area contributed by atoms with E-state index >= 15 is 0 Å². The average molecular weight is 313 g/mol. The molecule has 0 radical (unpaired) electrons. The molecule has 0 saturated carbocycles. The van der Waals surface area contributed by atoms with Crippen LogP contribution in [0.2, 0.25) is 0 Å². The maximum atomic E-state index is 12.1. The van der Waals surface area contributed by atoms with Gasteiger partial charge in [0.15, 0.2) is 0 Å². The highest BCUT2D eigenvalue weighted by Crippen LogP contribution is 2.28. The zero-order chi connectivity index (χ0) is 16.7. The van der Waals surface area contributed by atoms with E-state index in [4.69, 9.17) is 13.9 Å². The Morgan fingerprint density at radius 2 is 1.59 bits per heavy atom. The molecular formula is C14H19NO7. The first-order valence-corrected chi connectivity index (χ1v) is 6.72. The van der Waals surface area contributed by atoms with E-state index in [1.165, 1.54) is 14.0 Å². The van der Waals surface area contributed by atoms with Gasteiger partial charge < -0.3 is 18.6 Å². The van der Waals surface area contributed by atoms with Crippen LogP contribution >= 0.6 is 0 Å². The lowest BCUT2D eigenvalue weighted by Crippen LogP contribution is -2.20. The average Bonchev–Trinajstić information content (AvgIpc) is 2.75. The van der Waals surface area contributed by atoms with Gasteiger partial charge >= 0.3 is 11.9 Å². The largest absolute Gasteiger partial charge is 0.462 e. The van der Waals surface area contributed by atoms with Crippen molar-refractivity contribution in [3.63, 3.8) is 0 Å². The van der Waals surface area contributed by atoms with Crippen LogP contribution in [0.15, 0.2) is 4.42 Å². The summed E-state index contributed by atoms with van der Waals surface area (Å²) in [6.45, 7) is 4.77. The fourth-order valence-corrected chi connectivity index (χ4v) is 1.77.